The molecule has 2 aromatic rings. The van der Waals surface area contributed by atoms with Crippen molar-refractivity contribution < 1.29 is 0 Å². The maximum Gasteiger partial charge on any atom is 0.206 e. The van der Waals surface area contributed by atoms with Gasteiger partial charge in [0.15, 0.2) is 0 Å². The van der Waals surface area contributed by atoms with Gasteiger partial charge in [-0.05, 0) is 30.7 Å². The van der Waals surface area contributed by atoms with Crippen LogP contribution in [0.1, 0.15) is 5.56 Å². The van der Waals surface area contributed by atoms with E-state index in [0.717, 1.165) is 22.1 Å². The summed E-state index contributed by atoms with van der Waals surface area (Å²) in [7, 11) is 0. The molecule has 5 heteroatoms. The van der Waals surface area contributed by atoms with Crippen molar-refractivity contribution in [2.75, 3.05) is 11.1 Å². The van der Waals surface area contributed by atoms with E-state index in [1.807, 2.05) is 25.1 Å². The molecular weight excluding hydrogens is 196 g/mol. The zero-order valence-corrected chi connectivity index (χ0v) is 8.51. The molecule has 4 nitrogen and oxygen atoms in total. The van der Waals surface area contributed by atoms with Crippen LogP contribution in [0.4, 0.5) is 16.5 Å². The van der Waals surface area contributed by atoms with Gasteiger partial charge in [0.25, 0.3) is 0 Å². The largest absolute Gasteiger partial charge is 0.399 e. The number of aromatic nitrogens is 2. The minimum absolute atomic E-state index is 0.786. The fourth-order valence-corrected chi connectivity index (χ4v) is 1.56. The Labute approximate surface area is 86.0 Å². The predicted molar refractivity (Wildman–Crippen MR) is 58.8 cm³/mol. The van der Waals surface area contributed by atoms with E-state index in [-0.39, 0.29) is 0 Å². The maximum atomic E-state index is 5.71. The second-order valence-corrected chi connectivity index (χ2v) is 3.72. The van der Waals surface area contributed by atoms with Gasteiger partial charge in [-0.3, -0.25) is 0 Å². The molecule has 14 heavy (non-hydrogen) atoms. The zero-order chi connectivity index (χ0) is 9.97. The molecule has 1 aromatic carbocycles. The van der Waals surface area contributed by atoms with Crippen LogP contribution in [-0.2, 0) is 0 Å². The van der Waals surface area contributed by atoms with Crippen LogP contribution in [0, 0.1) is 6.92 Å². The summed E-state index contributed by atoms with van der Waals surface area (Å²) in [5, 5.41) is 3.93. The van der Waals surface area contributed by atoms with E-state index in [2.05, 4.69) is 14.7 Å². The van der Waals surface area contributed by atoms with E-state index < -0.39 is 0 Å². The van der Waals surface area contributed by atoms with E-state index >= 15 is 0 Å². The highest BCUT2D eigenvalue weighted by atomic mass is 32.1. The Balaban J connectivity index is 2.22. The van der Waals surface area contributed by atoms with Crippen molar-refractivity contribution in [1.82, 2.24) is 9.36 Å². The average Bonchev–Trinajstić information content (AvgIpc) is 2.64. The highest BCUT2D eigenvalue weighted by Crippen LogP contribution is 2.20. The van der Waals surface area contributed by atoms with Gasteiger partial charge in [-0.25, -0.2) is 4.98 Å². The molecule has 3 N–H and O–H groups in total. The quantitative estimate of drug-likeness (QED) is 0.739. The van der Waals surface area contributed by atoms with Crippen LogP contribution in [0.15, 0.2) is 24.5 Å². The van der Waals surface area contributed by atoms with Crippen molar-refractivity contribution in [3.8, 4) is 0 Å². The molecule has 0 spiro atoms. The van der Waals surface area contributed by atoms with Crippen LogP contribution in [0.25, 0.3) is 0 Å². The number of anilines is 3. The lowest BCUT2D eigenvalue weighted by atomic mass is 10.2. The molecule has 0 radical (unpaired) electrons. The van der Waals surface area contributed by atoms with Crippen molar-refractivity contribution in [3.05, 3.63) is 30.1 Å². The number of aryl methyl sites for hydroxylation is 1. The third-order valence-corrected chi connectivity index (χ3v) is 2.46. The highest BCUT2D eigenvalue weighted by molar-refractivity contribution is 7.09. The molecule has 0 saturated heterocycles. The number of nitrogen functional groups attached to an aromatic ring is 1. The van der Waals surface area contributed by atoms with Crippen molar-refractivity contribution in [2.24, 2.45) is 0 Å². The molecule has 0 aliphatic heterocycles. The third kappa shape index (κ3) is 1.82. The molecule has 2 rings (SSSR count). The van der Waals surface area contributed by atoms with E-state index in [9.17, 15) is 0 Å². The first-order valence-corrected chi connectivity index (χ1v) is 4.93. The van der Waals surface area contributed by atoms with Gasteiger partial charge in [0.05, 0.1) is 0 Å². The van der Waals surface area contributed by atoms with Crippen LogP contribution in [0.3, 0.4) is 0 Å². The Bertz CT molecular complexity index is 424. The Kier molecular flexibility index (Phi) is 2.32. The maximum absolute atomic E-state index is 5.71. The number of nitrogens with one attached hydrogen (secondary N) is 1. The molecule has 72 valence electrons. The van der Waals surface area contributed by atoms with Gasteiger partial charge in [-0.1, -0.05) is 0 Å². The number of benzene rings is 1. The number of hydrogen-bond acceptors (Lipinski definition) is 5. The van der Waals surface area contributed by atoms with Crippen LogP contribution < -0.4 is 11.1 Å². The zero-order valence-electron chi connectivity index (χ0n) is 7.69. The fourth-order valence-electron chi connectivity index (χ4n) is 1.11. The minimum atomic E-state index is 0.786. The lowest BCUT2D eigenvalue weighted by Gasteiger charge is -2.04. The van der Waals surface area contributed by atoms with Crippen LogP contribution >= 0.6 is 11.5 Å². The SMILES string of the molecule is Cc1cc(Nc2ncns2)ccc1N. The molecule has 0 amide bonds. The van der Waals surface area contributed by atoms with Gasteiger partial charge in [-0.15, -0.1) is 0 Å². The Morgan fingerprint density at radius 3 is 2.93 bits per heavy atom. The topological polar surface area (TPSA) is 63.8 Å². The molecule has 0 saturated carbocycles. The van der Waals surface area contributed by atoms with E-state index in [4.69, 9.17) is 5.73 Å². The van der Waals surface area contributed by atoms with Gasteiger partial charge >= 0.3 is 0 Å². The van der Waals surface area contributed by atoms with Gasteiger partial charge in [-0.2, -0.15) is 4.37 Å². The number of nitrogens with two attached hydrogens (primary N) is 1. The summed E-state index contributed by atoms with van der Waals surface area (Å²) < 4.78 is 3.90. The molecule has 0 aliphatic rings. The number of hydrogen-bond donors (Lipinski definition) is 2. The molecule has 0 aliphatic carbocycles. The average molecular weight is 206 g/mol. The smallest absolute Gasteiger partial charge is 0.206 e. The minimum Gasteiger partial charge on any atom is -0.399 e. The summed E-state index contributed by atoms with van der Waals surface area (Å²) in [5.74, 6) is 0. The van der Waals surface area contributed by atoms with Crippen LogP contribution in [0.2, 0.25) is 0 Å². The van der Waals surface area contributed by atoms with Crippen molar-refractivity contribution in [3.63, 3.8) is 0 Å². The molecule has 0 unspecified atom stereocenters. The monoisotopic (exact) mass is 206 g/mol. The number of rotatable bonds is 2. The molecular formula is C9H10N4S. The normalized spacial score (nSPS) is 10.1. The highest BCUT2D eigenvalue weighted by Gasteiger charge is 1.99. The van der Waals surface area contributed by atoms with Gasteiger partial charge in [0.1, 0.15) is 6.33 Å². The van der Waals surface area contributed by atoms with Crippen molar-refractivity contribution >= 4 is 28.0 Å². The van der Waals surface area contributed by atoms with E-state index in [1.165, 1.54) is 17.9 Å². The third-order valence-electron chi connectivity index (χ3n) is 1.88. The standard InChI is InChI=1S/C9H10N4S/c1-6-4-7(2-3-8(6)10)13-9-11-5-12-14-9/h2-5H,10H2,1H3,(H,11,12,13). The first-order valence-electron chi connectivity index (χ1n) is 4.15. The van der Waals surface area contributed by atoms with Gasteiger partial charge in [0.2, 0.25) is 5.13 Å². The Hall–Kier alpha value is -1.62. The fraction of sp³-hybridized carbons (Fsp3) is 0.111. The van der Waals surface area contributed by atoms with Crippen LogP contribution in [-0.4, -0.2) is 9.36 Å². The summed E-state index contributed by atoms with van der Waals surface area (Å²) in [6.45, 7) is 1.97. The van der Waals surface area contributed by atoms with Crippen molar-refractivity contribution in [2.45, 2.75) is 6.92 Å². The molecule has 1 aromatic heterocycles. The summed E-state index contributed by atoms with van der Waals surface area (Å²) in [4.78, 5) is 4.03. The van der Waals surface area contributed by atoms with Gasteiger partial charge < -0.3 is 11.1 Å². The van der Waals surface area contributed by atoms with Crippen molar-refractivity contribution in [1.29, 1.82) is 0 Å². The second-order valence-electron chi connectivity index (χ2n) is 2.94. The molecule has 1 heterocycles. The Morgan fingerprint density at radius 1 is 1.43 bits per heavy atom. The van der Waals surface area contributed by atoms with Gasteiger partial charge in [0, 0.05) is 22.9 Å². The first kappa shape index (κ1) is 8.96. The summed E-state index contributed by atoms with van der Waals surface area (Å²) in [6, 6.07) is 5.78. The molecule has 0 fully saturated rings. The summed E-state index contributed by atoms with van der Waals surface area (Å²) in [6.07, 6.45) is 1.52. The van der Waals surface area contributed by atoms with E-state index in [1.54, 1.807) is 0 Å². The summed E-state index contributed by atoms with van der Waals surface area (Å²) >= 11 is 1.32. The molecule has 0 bridgehead atoms. The predicted octanol–water partition coefficient (Wildman–Crippen LogP) is 2.17. The first-order chi connectivity index (χ1) is 6.75. The van der Waals surface area contributed by atoms with Crippen LogP contribution in [0.5, 0.6) is 0 Å². The summed E-state index contributed by atoms with van der Waals surface area (Å²) in [5.41, 5.74) is 8.54. The second kappa shape index (κ2) is 3.63. The molecule has 0 atom stereocenters. The lowest BCUT2D eigenvalue weighted by Crippen LogP contribution is -1.93. The Morgan fingerprint density at radius 2 is 2.29 bits per heavy atom. The van der Waals surface area contributed by atoms with E-state index in [0.29, 0.717) is 0 Å². The lowest BCUT2D eigenvalue weighted by molar-refractivity contribution is 1.32. The number of nitrogens with zero attached hydrogens (tertiary/aromatic N) is 2.